The molecule has 1 fully saturated rings. The summed E-state index contributed by atoms with van der Waals surface area (Å²) in [5.41, 5.74) is 3.86. The van der Waals surface area contributed by atoms with Crippen LogP contribution in [0.25, 0.3) is 0 Å². The average molecular weight is 299 g/mol. The quantitative estimate of drug-likeness (QED) is 0.677. The van der Waals surface area contributed by atoms with E-state index < -0.39 is 23.4 Å². The van der Waals surface area contributed by atoms with Crippen LogP contribution in [0, 0.1) is 5.92 Å². The molecule has 1 saturated carbocycles. The number of carboxylic acids is 1. The number of nitrogens with zero attached hydrogens (tertiary/aromatic N) is 1. The second-order valence-electron chi connectivity index (χ2n) is 5.65. The minimum absolute atomic E-state index is 0.213. The van der Waals surface area contributed by atoms with Crippen LogP contribution in [0.3, 0.4) is 0 Å². The van der Waals surface area contributed by atoms with Crippen molar-refractivity contribution in [3.63, 3.8) is 0 Å². The Morgan fingerprint density at radius 1 is 1.29 bits per heavy atom. The molecule has 0 aromatic carbocycles. The van der Waals surface area contributed by atoms with Gasteiger partial charge >= 0.3 is 12.0 Å². The van der Waals surface area contributed by atoms with Crippen LogP contribution in [0.5, 0.6) is 0 Å². The molecule has 0 radical (unpaired) electrons. The molecule has 0 heterocycles. The highest BCUT2D eigenvalue weighted by atomic mass is 16.4. The second-order valence-corrected chi connectivity index (χ2v) is 5.65. The van der Waals surface area contributed by atoms with Crippen LogP contribution in [0.2, 0.25) is 0 Å². The summed E-state index contributed by atoms with van der Waals surface area (Å²) in [7, 11) is 0. The van der Waals surface area contributed by atoms with Crippen LogP contribution in [0.1, 0.15) is 46.0 Å². The van der Waals surface area contributed by atoms with Crippen molar-refractivity contribution < 1.29 is 19.5 Å². The summed E-state index contributed by atoms with van der Waals surface area (Å²) in [5, 5.41) is 12.1. The number of hydrogen-bond donors (Lipinski definition) is 3. The van der Waals surface area contributed by atoms with Crippen molar-refractivity contribution in [1.29, 1.82) is 0 Å². The highest BCUT2D eigenvalue weighted by molar-refractivity contribution is 5.88. The van der Waals surface area contributed by atoms with E-state index in [-0.39, 0.29) is 6.54 Å². The molecule has 0 bridgehead atoms. The first-order valence-corrected chi connectivity index (χ1v) is 7.43. The molecule has 0 aromatic heterocycles. The Morgan fingerprint density at radius 2 is 1.86 bits per heavy atom. The number of primary amides is 1. The third-order valence-electron chi connectivity index (χ3n) is 4.31. The lowest BCUT2D eigenvalue weighted by atomic mass is 9.75. The maximum Gasteiger partial charge on any atom is 0.329 e. The molecule has 1 aliphatic carbocycles. The summed E-state index contributed by atoms with van der Waals surface area (Å²) < 4.78 is 0. The molecule has 21 heavy (non-hydrogen) atoms. The number of rotatable bonds is 6. The summed E-state index contributed by atoms with van der Waals surface area (Å²) in [5.74, 6) is -1.12. The summed E-state index contributed by atoms with van der Waals surface area (Å²) in [6, 6.07) is -0.548. The molecule has 1 rings (SSSR count). The fourth-order valence-corrected chi connectivity index (χ4v) is 2.77. The monoisotopic (exact) mass is 299 g/mol. The minimum Gasteiger partial charge on any atom is -0.480 e. The molecular formula is C14H25N3O4. The van der Waals surface area contributed by atoms with E-state index in [0.29, 0.717) is 25.3 Å². The van der Waals surface area contributed by atoms with Gasteiger partial charge in [0.05, 0.1) is 0 Å². The molecule has 0 aromatic rings. The molecule has 7 nitrogen and oxygen atoms in total. The van der Waals surface area contributed by atoms with Crippen LogP contribution < -0.4 is 11.1 Å². The SMILES string of the molecule is CCC1CCC(NC(=O)N(CC)CC(N)=O)(C(=O)O)CC1. The number of nitrogens with two attached hydrogens (primary N) is 1. The Kier molecular flexibility index (Phi) is 5.99. The number of carboxylic acid groups (broad SMARTS) is 1. The van der Waals surface area contributed by atoms with Gasteiger partial charge in [0.15, 0.2) is 0 Å². The van der Waals surface area contributed by atoms with Gasteiger partial charge in [-0.1, -0.05) is 13.3 Å². The predicted molar refractivity (Wildman–Crippen MR) is 77.6 cm³/mol. The summed E-state index contributed by atoms with van der Waals surface area (Å²) in [6.07, 6.45) is 3.42. The normalized spacial score (nSPS) is 25.1. The molecule has 120 valence electrons. The Hall–Kier alpha value is -1.79. The fourth-order valence-electron chi connectivity index (χ4n) is 2.77. The Labute approximate surface area is 124 Å². The summed E-state index contributed by atoms with van der Waals surface area (Å²) >= 11 is 0. The molecular weight excluding hydrogens is 274 g/mol. The van der Waals surface area contributed by atoms with Gasteiger partial charge < -0.3 is 21.1 Å². The van der Waals surface area contributed by atoms with Gasteiger partial charge in [0.1, 0.15) is 12.1 Å². The number of carbonyl (C=O) groups is 3. The molecule has 0 aliphatic heterocycles. The van der Waals surface area contributed by atoms with E-state index >= 15 is 0 Å². The molecule has 4 N–H and O–H groups in total. The van der Waals surface area contributed by atoms with E-state index in [1.165, 1.54) is 4.90 Å². The lowest BCUT2D eigenvalue weighted by molar-refractivity contribution is -0.146. The highest BCUT2D eigenvalue weighted by Crippen LogP contribution is 2.34. The average Bonchev–Trinajstić information content (AvgIpc) is 2.44. The van der Waals surface area contributed by atoms with Gasteiger partial charge in [0, 0.05) is 6.54 Å². The highest BCUT2D eigenvalue weighted by Gasteiger charge is 2.43. The maximum absolute atomic E-state index is 12.2. The van der Waals surface area contributed by atoms with Crippen molar-refractivity contribution in [1.82, 2.24) is 10.2 Å². The number of hydrogen-bond acceptors (Lipinski definition) is 3. The van der Waals surface area contributed by atoms with Gasteiger partial charge in [-0.3, -0.25) is 4.79 Å². The zero-order chi connectivity index (χ0) is 16.0. The number of likely N-dealkylation sites (N-methyl/N-ethyl adjacent to an activating group) is 1. The third kappa shape index (κ3) is 4.34. The molecule has 3 amide bonds. The molecule has 1 aliphatic rings. The van der Waals surface area contributed by atoms with Crippen molar-refractivity contribution in [2.45, 2.75) is 51.5 Å². The van der Waals surface area contributed by atoms with Gasteiger partial charge in [-0.15, -0.1) is 0 Å². The van der Waals surface area contributed by atoms with Gasteiger partial charge in [0.25, 0.3) is 0 Å². The van der Waals surface area contributed by atoms with Crippen LogP contribution in [-0.4, -0.2) is 46.5 Å². The molecule has 7 heteroatoms. The first-order chi connectivity index (χ1) is 9.84. The lowest BCUT2D eigenvalue weighted by Gasteiger charge is -2.38. The van der Waals surface area contributed by atoms with E-state index in [0.717, 1.165) is 19.3 Å². The first-order valence-electron chi connectivity index (χ1n) is 7.43. The van der Waals surface area contributed by atoms with E-state index in [4.69, 9.17) is 5.73 Å². The lowest BCUT2D eigenvalue weighted by Crippen LogP contribution is -2.60. The molecule has 0 spiro atoms. The van der Waals surface area contributed by atoms with Crippen molar-refractivity contribution in [2.75, 3.05) is 13.1 Å². The van der Waals surface area contributed by atoms with Crippen LogP contribution >= 0.6 is 0 Å². The molecule has 0 atom stereocenters. The topological polar surface area (TPSA) is 113 Å². The maximum atomic E-state index is 12.2. The summed E-state index contributed by atoms with van der Waals surface area (Å²) in [4.78, 5) is 36.0. The van der Waals surface area contributed by atoms with Gasteiger partial charge in [-0.25, -0.2) is 9.59 Å². The van der Waals surface area contributed by atoms with Crippen LogP contribution in [0.4, 0.5) is 4.79 Å². The largest absolute Gasteiger partial charge is 0.480 e. The van der Waals surface area contributed by atoms with Crippen LogP contribution in [-0.2, 0) is 9.59 Å². The number of amides is 3. The zero-order valence-corrected chi connectivity index (χ0v) is 12.7. The zero-order valence-electron chi connectivity index (χ0n) is 12.7. The van der Waals surface area contributed by atoms with Crippen molar-refractivity contribution in [3.05, 3.63) is 0 Å². The standard InChI is InChI=1S/C14H25N3O4/c1-3-10-5-7-14(8-6-10,12(19)20)16-13(21)17(4-2)9-11(15)18/h10H,3-9H2,1-2H3,(H2,15,18)(H,16,21)(H,19,20). The first kappa shape index (κ1) is 17.3. The number of carbonyl (C=O) groups excluding carboxylic acids is 2. The Bertz CT molecular complexity index is 403. The van der Waals surface area contributed by atoms with Crippen molar-refractivity contribution in [3.8, 4) is 0 Å². The van der Waals surface area contributed by atoms with Gasteiger partial charge in [-0.2, -0.15) is 0 Å². The van der Waals surface area contributed by atoms with E-state index in [1.54, 1.807) is 6.92 Å². The van der Waals surface area contributed by atoms with Gasteiger partial charge in [0.2, 0.25) is 5.91 Å². The number of urea groups is 1. The number of nitrogens with one attached hydrogen (secondary N) is 1. The van der Waals surface area contributed by atoms with E-state index in [9.17, 15) is 19.5 Å². The summed E-state index contributed by atoms with van der Waals surface area (Å²) in [6.45, 7) is 3.88. The third-order valence-corrected chi connectivity index (χ3v) is 4.31. The molecule has 0 saturated heterocycles. The van der Waals surface area contributed by atoms with Crippen LogP contribution in [0.15, 0.2) is 0 Å². The van der Waals surface area contributed by atoms with Gasteiger partial charge in [-0.05, 0) is 38.5 Å². The number of aliphatic carboxylic acids is 1. The smallest absolute Gasteiger partial charge is 0.329 e. The fraction of sp³-hybridized carbons (Fsp3) is 0.786. The van der Waals surface area contributed by atoms with Crippen molar-refractivity contribution in [2.24, 2.45) is 11.7 Å². The van der Waals surface area contributed by atoms with E-state index in [2.05, 4.69) is 12.2 Å². The molecule has 0 unspecified atom stereocenters. The van der Waals surface area contributed by atoms with E-state index in [1.807, 2.05) is 0 Å². The second kappa shape index (κ2) is 7.28. The Balaban J connectivity index is 2.77. The Morgan fingerprint density at radius 3 is 2.24 bits per heavy atom. The predicted octanol–water partition coefficient (Wildman–Crippen LogP) is 0.927. The minimum atomic E-state index is -1.23. The van der Waals surface area contributed by atoms with Crippen molar-refractivity contribution >= 4 is 17.9 Å².